The molecule has 1 aromatic heterocycles. The zero-order chi connectivity index (χ0) is 34.8. The van der Waals surface area contributed by atoms with Gasteiger partial charge in [0.25, 0.3) is 0 Å². The van der Waals surface area contributed by atoms with E-state index in [2.05, 4.69) is 70.7 Å². The summed E-state index contributed by atoms with van der Waals surface area (Å²) in [5, 5.41) is 7.15. The number of benzene rings is 1. The Labute approximate surface area is 273 Å². The first-order valence-electron chi connectivity index (χ1n) is 15.8. The van der Waals surface area contributed by atoms with Gasteiger partial charge in [-0.05, 0) is 65.4 Å². The standard InChI is InChI=1S/C19H24N4O2.C8H16N2O.C7H13NO2/c1-12-6-11-15(17(24)20-12)23-18(25)22(5)16(21-23)13-7-9-14(10-8-13)19(2,3)4;1-8(2,3)10-6-5-9(4)7(10)11;1-7(2,3)8-4-5-10-6(8)9/h7-10,15H,1,6,11H2,2-5H3,(H,20,24);5-6H2,1-4H3;4-5H2,1-3H3. The average Bonchev–Trinajstić information content (AvgIpc) is 3.62. The number of cyclic esters (lactones) is 1. The van der Waals surface area contributed by atoms with Crippen molar-refractivity contribution in [3.8, 4) is 11.4 Å². The molecule has 0 spiro atoms. The molecule has 12 nitrogen and oxygen atoms in total. The van der Waals surface area contributed by atoms with E-state index in [-0.39, 0.29) is 40.2 Å². The highest BCUT2D eigenvalue weighted by Gasteiger charge is 2.34. The molecule has 4 heterocycles. The quantitative estimate of drug-likeness (QED) is 0.499. The zero-order valence-electron chi connectivity index (χ0n) is 29.6. The third-order valence-corrected chi connectivity index (χ3v) is 8.23. The van der Waals surface area contributed by atoms with Crippen LogP contribution in [0.1, 0.15) is 86.8 Å². The lowest BCUT2D eigenvalue weighted by Crippen LogP contribution is -2.43. The van der Waals surface area contributed by atoms with Crippen LogP contribution in [-0.4, -0.2) is 91.4 Å². The van der Waals surface area contributed by atoms with E-state index in [4.69, 9.17) is 4.74 Å². The van der Waals surface area contributed by atoms with Crippen molar-refractivity contribution in [1.29, 1.82) is 0 Å². The number of hydrogen-bond acceptors (Lipinski definition) is 6. The normalized spacial score (nSPS) is 18.9. The smallest absolute Gasteiger partial charge is 0.410 e. The predicted molar refractivity (Wildman–Crippen MR) is 179 cm³/mol. The topological polar surface area (TPSA) is 122 Å². The van der Waals surface area contributed by atoms with E-state index in [1.807, 2.05) is 44.9 Å². The van der Waals surface area contributed by atoms with Gasteiger partial charge in [0.05, 0.1) is 6.54 Å². The number of aromatic nitrogens is 3. The number of piperidine rings is 1. The van der Waals surface area contributed by atoms with Crippen LogP contribution >= 0.6 is 0 Å². The first-order chi connectivity index (χ1) is 21.1. The summed E-state index contributed by atoms with van der Waals surface area (Å²) in [6.45, 7) is 25.4. The zero-order valence-corrected chi connectivity index (χ0v) is 29.6. The van der Waals surface area contributed by atoms with Crippen molar-refractivity contribution < 1.29 is 19.1 Å². The monoisotopic (exact) mass is 639 g/mol. The van der Waals surface area contributed by atoms with Gasteiger partial charge in [-0.25, -0.2) is 19.1 Å². The number of nitrogens with zero attached hydrogens (tertiary/aromatic N) is 6. The average molecular weight is 640 g/mol. The minimum absolute atomic E-state index is 0.0259. The van der Waals surface area contributed by atoms with Crippen LogP contribution in [-0.2, 0) is 22.0 Å². The van der Waals surface area contributed by atoms with Gasteiger partial charge in [0.15, 0.2) is 5.82 Å². The van der Waals surface area contributed by atoms with Crippen LogP contribution in [0.15, 0.2) is 41.3 Å². The number of rotatable bonds is 2. The second kappa shape index (κ2) is 13.7. The van der Waals surface area contributed by atoms with Gasteiger partial charge in [0.1, 0.15) is 12.6 Å². The highest BCUT2D eigenvalue weighted by atomic mass is 16.6. The number of carbonyl (C=O) groups excluding carboxylic acids is 3. The maximum absolute atomic E-state index is 12.6. The Kier molecular flexibility index (Phi) is 10.9. The molecular formula is C34H53N7O5. The molecule has 3 saturated heterocycles. The Morgan fingerprint density at radius 2 is 1.43 bits per heavy atom. The molecule has 0 radical (unpaired) electrons. The molecule has 0 aliphatic carbocycles. The molecule has 3 aliphatic heterocycles. The highest BCUT2D eigenvalue weighted by Crippen LogP contribution is 2.26. The van der Waals surface area contributed by atoms with Crippen molar-refractivity contribution in [3.63, 3.8) is 0 Å². The summed E-state index contributed by atoms with van der Waals surface area (Å²) >= 11 is 0. The van der Waals surface area contributed by atoms with Gasteiger partial charge in [-0.1, -0.05) is 51.6 Å². The van der Waals surface area contributed by atoms with Gasteiger partial charge in [-0.3, -0.25) is 14.3 Å². The third-order valence-electron chi connectivity index (χ3n) is 8.23. The van der Waals surface area contributed by atoms with Gasteiger partial charge in [0.2, 0.25) is 5.91 Å². The first-order valence-corrected chi connectivity index (χ1v) is 15.8. The summed E-state index contributed by atoms with van der Waals surface area (Å²) < 4.78 is 7.55. The number of allylic oxidation sites excluding steroid dienone is 1. The second-order valence-electron chi connectivity index (χ2n) is 15.0. The minimum atomic E-state index is -0.591. The molecule has 1 N–H and O–H groups in total. The van der Waals surface area contributed by atoms with Crippen molar-refractivity contribution in [1.82, 2.24) is 34.4 Å². The van der Waals surface area contributed by atoms with Crippen LogP contribution in [0.3, 0.4) is 0 Å². The molecule has 5 rings (SSSR count). The molecular weight excluding hydrogens is 586 g/mol. The molecule has 46 heavy (non-hydrogen) atoms. The van der Waals surface area contributed by atoms with Crippen LogP contribution in [0, 0.1) is 0 Å². The number of carbonyl (C=O) groups is 3. The number of urea groups is 1. The summed E-state index contributed by atoms with van der Waals surface area (Å²) in [5.74, 6) is 0.328. The summed E-state index contributed by atoms with van der Waals surface area (Å²) in [5.41, 5.74) is 2.41. The summed E-state index contributed by atoms with van der Waals surface area (Å²) in [7, 11) is 3.52. The molecule has 4 amide bonds. The van der Waals surface area contributed by atoms with Crippen molar-refractivity contribution in [2.75, 3.05) is 33.3 Å². The van der Waals surface area contributed by atoms with Crippen molar-refractivity contribution in [3.05, 3.63) is 52.6 Å². The molecule has 1 aromatic carbocycles. The van der Waals surface area contributed by atoms with Gasteiger partial charge in [-0.2, -0.15) is 0 Å². The lowest BCUT2D eigenvalue weighted by atomic mass is 9.87. The number of amides is 4. The molecule has 12 heteroatoms. The SMILES string of the molecule is C=C1CCC(n2nc(-c3ccc(C(C)(C)C)cc3)n(C)c2=O)C(=O)N1.CC(C)(C)N1CCOC1=O.CN1CCN(C(C)(C)C)C1=O. The fourth-order valence-electron chi connectivity index (χ4n) is 5.30. The van der Waals surface area contributed by atoms with Crippen LogP contribution in [0.4, 0.5) is 9.59 Å². The Hall–Kier alpha value is -4.09. The van der Waals surface area contributed by atoms with E-state index in [9.17, 15) is 19.2 Å². The number of ether oxygens (including phenoxy) is 1. The van der Waals surface area contributed by atoms with Crippen LogP contribution in [0.2, 0.25) is 0 Å². The Morgan fingerprint density at radius 1 is 0.848 bits per heavy atom. The molecule has 0 saturated carbocycles. The van der Waals surface area contributed by atoms with Crippen molar-refractivity contribution in [2.45, 2.75) is 97.7 Å². The van der Waals surface area contributed by atoms with Crippen LogP contribution in [0.25, 0.3) is 11.4 Å². The lowest BCUT2D eigenvalue weighted by molar-refractivity contribution is -0.125. The maximum atomic E-state index is 12.6. The molecule has 1 atom stereocenters. The Balaban J connectivity index is 0.000000225. The van der Waals surface area contributed by atoms with Crippen LogP contribution in [0.5, 0.6) is 0 Å². The van der Waals surface area contributed by atoms with E-state index in [1.54, 1.807) is 16.8 Å². The lowest BCUT2D eigenvalue weighted by Gasteiger charge is -2.30. The van der Waals surface area contributed by atoms with Crippen LogP contribution < -0.4 is 11.0 Å². The predicted octanol–water partition coefficient (Wildman–Crippen LogP) is 4.90. The van der Waals surface area contributed by atoms with E-state index in [0.29, 0.717) is 31.0 Å². The largest absolute Gasteiger partial charge is 0.448 e. The molecule has 1 unspecified atom stereocenters. The number of hydrogen-bond donors (Lipinski definition) is 1. The molecule has 0 bridgehead atoms. The summed E-state index contributed by atoms with van der Waals surface area (Å²) in [6, 6.07) is 7.60. The van der Waals surface area contributed by atoms with E-state index < -0.39 is 6.04 Å². The summed E-state index contributed by atoms with van der Waals surface area (Å²) in [6.07, 6.45) is 0.992. The second-order valence-corrected chi connectivity index (χ2v) is 15.0. The van der Waals surface area contributed by atoms with Gasteiger partial charge < -0.3 is 19.9 Å². The summed E-state index contributed by atoms with van der Waals surface area (Å²) in [4.78, 5) is 52.5. The third kappa shape index (κ3) is 8.58. The van der Waals surface area contributed by atoms with Crippen molar-refractivity contribution in [2.24, 2.45) is 7.05 Å². The highest BCUT2D eigenvalue weighted by molar-refractivity contribution is 5.82. The minimum Gasteiger partial charge on any atom is -0.448 e. The fourth-order valence-corrected chi connectivity index (χ4v) is 5.30. The Bertz CT molecular complexity index is 1490. The van der Waals surface area contributed by atoms with E-state index in [0.717, 1.165) is 25.2 Å². The van der Waals surface area contributed by atoms with Gasteiger partial charge in [-0.15, -0.1) is 5.10 Å². The van der Waals surface area contributed by atoms with Gasteiger partial charge in [0, 0.05) is 49.5 Å². The number of likely N-dealkylation sites (N-methyl/N-ethyl adjacent to an activating group) is 1. The number of nitrogens with one attached hydrogen (secondary N) is 1. The first kappa shape index (κ1) is 36.4. The van der Waals surface area contributed by atoms with Crippen molar-refractivity contribution >= 4 is 18.0 Å². The molecule has 3 aliphatic rings. The molecule has 2 aromatic rings. The molecule has 254 valence electrons. The fraction of sp³-hybridized carbons (Fsp3) is 0.618. The maximum Gasteiger partial charge on any atom is 0.410 e. The van der Waals surface area contributed by atoms with Gasteiger partial charge >= 0.3 is 17.8 Å². The Morgan fingerprint density at radius 3 is 1.83 bits per heavy atom. The van der Waals surface area contributed by atoms with E-state index in [1.165, 1.54) is 14.8 Å². The van der Waals surface area contributed by atoms with E-state index >= 15 is 0 Å². The molecule has 3 fully saturated rings.